The second-order valence-corrected chi connectivity index (χ2v) is 9.75. The second-order valence-electron chi connectivity index (χ2n) is 9.75. The molecule has 2 aromatic carbocycles. The molecule has 2 nitrogen and oxygen atoms in total. The zero-order valence-corrected chi connectivity index (χ0v) is 18.1. The lowest BCUT2D eigenvalue weighted by Gasteiger charge is -2.29. The van der Waals surface area contributed by atoms with Gasteiger partial charge < -0.3 is 10.0 Å². The van der Waals surface area contributed by atoms with Gasteiger partial charge in [-0.05, 0) is 80.1 Å². The maximum absolute atomic E-state index is 11.2. The number of nitrogens with zero attached hydrogens (tertiary/aromatic N) is 1. The third kappa shape index (κ3) is 4.11. The molecule has 3 aliphatic rings. The maximum Gasteiger partial charge on any atom is 0.0657 e. The van der Waals surface area contributed by atoms with E-state index >= 15 is 0 Å². The van der Waals surface area contributed by atoms with E-state index in [0.29, 0.717) is 11.8 Å². The minimum Gasteiger partial charge on any atom is -0.390 e. The van der Waals surface area contributed by atoms with Crippen molar-refractivity contribution in [3.05, 3.63) is 89.1 Å². The number of aliphatic hydroxyl groups is 1. The summed E-state index contributed by atoms with van der Waals surface area (Å²) < 4.78 is 0. The van der Waals surface area contributed by atoms with E-state index in [0.717, 1.165) is 51.6 Å². The van der Waals surface area contributed by atoms with Gasteiger partial charge in [0.25, 0.3) is 0 Å². The molecule has 2 atom stereocenters. The zero-order chi connectivity index (χ0) is 20.6. The van der Waals surface area contributed by atoms with Gasteiger partial charge in [0.1, 0.15) is 0 Å². The number of aryl methyl sites for hydroxylation is 2. The van der Waals surface area contributed by atoms with Crippen molar-refractivity contribution in [3.63, 3.8) is 0 Å². The first-order valence-electron chi connectivity index (χ1n) is 11.6. The fourth-order valence-corrected chi connectivity index (χ4v) is 5.88. The molecule has 1 saturated heterocycles. The van der Waals surface area contributed by atoms with Crippen molar-refractivity contribution in [3.8, 4) is 0 Å². The van der Waals surface area contributed by atoms with Crippen molar-refractivity contribution >= 4 is 5.57 Å². The fourth-order valence-electron chi connectivity index (χ4n) is 5.88. The molecule has 1 N–H and O–H groups in total. The summed E-state index contributed by atoms with van der Waals surface area (Å²) >= 11 is 0. The van der Waals surface area contributed by atoms with Gasteiger partial charge in [-0.25, -0.2) is 0 Å². The molecule has 2 aromatic rings. The summed E-state index contributed by atoms with van der Waals surface area (Å²) in [5.74, 6) is 1.28. The third-order valence-corrected chi connectivity index (χ3v) is 7.43. The first kappa shape index (κ1) is 19.6. The van der Waals surface area contributed by atoms with E-state index in [9.17, 15) is 5.11 Å². The van der Waals surface area contributed by atoms with Crippen LogP contribution in [0.5, 0.6) is 0 Å². The van der Waals surface area contributed by atoms with Crippen LogP contribution in [0.1, 0.15) is 48.8 Å². The van der Waals surface area contributed by atoms with Crippen LogP contribution < -0.4 is 0 Å². The smallest absolute Gasteiger partial charge is 0.0657 e. The molecule has 0 bridgehead atoms. The van der Waals surface area contributed by atoms with Crippen LogP contribution in [0.4, 0.5) is 0 Å². The molecule has 1 heterocycles. The molecule has 1 saturated carbocycles. The topological polar surface area (TPSA) is 23.5 Å². The molecule has 0 amide bonds. The van der Waals surface area contributed by atoms with Crippen molar-refractivity contribution < 1.29 is 5.11 Å². The standard InChI is InChI=1S/C28H33NO/c1-21-7-5-10-23(15-21)24-11-6-12-27(16-24)29-19-25-17-28(30,18-26(25)20-29)14-13-22-8-3-2-4-9-22/h2-5,7-11,15-16,25-26,30H,6,12-14,17-20H2,1H3. The Morgan fingerprint density at radius 2 is 1.77 bits per heavy atom. The van der Waals surface area contributed by atoms with Crippen LogP contribution in [0.3, 0.4) is 0 Å². The first-order valence-corrected chi connectivity index (χ1v) is 11.6. The summed E-state index contributed by atoms with van der Waals surface area (Å²) in [5.41, 5.74) is 6.39. The number of hydrogen-bond acceptors (Lipinski definition) is 2. The highest BCUT2D eigenvalue weighted by molar-refractivity contribution is 5.75. The lowest BCUT2D eigenvalue weighted by atomic mass is 9.91. The van der Waals surface area contributed by atoms with Gasteiger partial charge in [-0.15, -0.1) is 0 Å². The molecule has 156 valence electrons. The number of fused-ring (bicyclic) bond motifs is 1. The van der Waals surface area contributed by atoms with E-state index in [1.54, 1.807) is 0 Å². The Bertz CT molecular complexity index is 944. The molecular weight excluding hydrogens is 366 g/mol. The van der Waals surface area contributed by atoms with Gasteiger partial charge >= 0.3 is 0 Å². The summed E-state index contributed by atoms with van der Waals surface area (Å²) in [7, 11) is 0. The van der Waals surface area contributed by atoms with E-state index in [-0.39, 0.29) is 0 Å². The monoisotopic (exact) mass is 399 g/mol. The fraction of sp³-hybridized carbons (Fsp3) is 0.429. The molecule has 2 fully saturated rings. The molecule has 2 unspecified atom stereocenters. The van der Waals surface area contributed by atoms with Crippen LogP contribution in [0.25, 0.3) is 5.57 Å². The predicted molar refractivity (Wildman–Crippen MR) is 124 cm³/mol. The van der Waals surface area contributed by atoms with Crippen molar-refractivity contribution in [1.29, 1.82) is 0 Å². The molecule has 2 aliphatic carbocycles. The van der Waals surface area contributed by atoms with Gasteiger partial charge in [0, 0.05) is 18.8 Å². The summed E-state index contributed by atoms with van der Waals surface area (Å²) in [6.45, 7) is 4.40. The van der Waals surface area contributed by atoms with Gasteiger partial charge in [0.2, 0.25) is 0 Å². The highest BCUT2D eigenvalue weighted by atomic mass is 16.3. The summed E-state index contributed by atoms with van der Waals surface area (Å²) in [4.78, 5) is 2.62. The molecular formula is C28H33NO. The number of allylic oxidation sites excluding steroid dienone is 4. The third-order valence-electron chi connectivity index (χ3n) is 7.43. The normalized spacial score (nSPS) is 28.3. The summed E-state index contributed by atoms with van der Waals surface area (Å²) in [6.07, 6.45) is 10.9. The Morgan fingerprint density at radius 1 is 1.00 bits per heavy atom. The van der Waals surface area contributed by atoms with E-state index in [1.165, 1.54) is 28.0 Å². The van der Waals surface area contributed by atoms with Crippen molar-refractivity contribution in [2.45, 2.75) is 51.0 Å². The van der Waals surface area contributed by atoms with E-state index in [2.05, 4.69) is 78.6 Å². The lowest BCUT2D eigenvalue weighted by molar-refractivity contribution is 0.0279. The van der Waals surface area contributed by atoms with Gasteiger partial charge in [-0.1, -0.05) is 66.2 Å². The number of likely N-dealkylation sites (tertiary alicyclic amines) is 1. The molecule has 0 radical (unpaired) electrons. The van der Waals surface area contributed by atoms with E-state index in [1.807, 2.05) is 0 Å². The largest absolute Gasteiger partial charge is 0.390 e. The van der Waals surface area contributed by atoms with Gasteiger partial charge in [0.05, 0.1) is 5.60 Å². The average Bonchev–Trinajstić information content (AvgIpc) is 3.29. The molecule has 0 spiro atoms. The van der Waals surface area contributed by atoms with Gasteiger partial charge in [-0.3, -0.25) is 0 Å². The van der Waals surface area contributed by atoms with Crippen LogP contribution in [-0.2, 0) is 6.42 Å². The van der Waals surface area contributed by atoms with Crippen molar-refractivity contribution in [1.82, 2.24) is 4.90 Å². The van der Waals surface area contributed by atoms with Crippen LogP contribution in [0, 0.1) is 18.8 Å². The lowest BCUT2D eigenvalue weighted by Crippen LogP contribution is -2.30. The van der Waals surface area contributed by atoms with Gasteiger partial charge in [0.15, 0.2) is 0 Å². The zero-order valence-electron chi connectivity index (χ0n) is 18.1. The van der Waals surface area contributed by atoms with Crippen LogP contribution in [-0.4, -0.2) is 28.7 Å². The summed E-state index contributed by atoms with van der Waals surface area (Å²) in [6, 6.07) is 19.4. The first-order chi connectivity index (χ1) is 14.6. The Hall–Kier alpha value is -2.32. The van der Waals surface area contributed by atoms with Crippen LogP contribution in [0.2, 0.25) is 0 Å². The van der Waals surface area contributed by atoms with Gasteiger partial charge in [-0.2, -0.15) is 0 Å². The minimum absolute atomic E-state index is 0.467. The SMILES string of the molecule is Cc1cccc(C2=CCCC(N3CC4CC(O)(CCc5ccccc5)CC4C3)=C2)c1. The maximum atomic E-state index is 11.2. The van der Waals surface area contributed by atoms with E-state index in [4.69, 9.17) is 0 Å². The van der Waals surface area contributed by atoms with Crippen molar-refractivity contribution in [2.24, 2.45) is 11.8 Å². The predicted octanol–water partition coefficient (Wildman–Crippen LogP) is 5.76. The number of rotatable bonds is 5. The Kier molecular flexibility index (Phi) is 5.28. The molecule has 5 rings (SSSR count). The highest BCUT2D eigenvalue weighted by Gasteiger charge is 2.48. The molecule has 30 heavy (non-hydrogen) atoms. The number of hydrogen-bond donors (Lipinski definition) is 1. The Morgan fingerprint density at radius 3 is 2.50 bits per heavy atom. The quantitative estimate of drug-likeness (QED) is 0.691. The van der Waals surface area contributed by atoms with Crippen molar-refractivity contribution in [2.75, 3.05) is 13.1 Å². The second kappa shape index (κ2) is 8.07. The molecule has 0 aromatic heterocycles. The van der Waals surface area contributed by atoms with Crippen LogP contribution >= 0.6 is 0 Å². The summed E-state index contributed by atoms with van der Waals surface area (Å²) in [5, 5.41) is 11.2. The van der Waals surface area contributed by atoms with Crippen LogP contribution in [0.15, 0.2) is 72.4 Å². The minimum atomic E-state index is -0.467. The Balaban J connectivity index is 1.22. The highest BCUT2D eigenvalue weighted by Crippen LogP contribution is 2.47. The average molecular weight is 400 g/mol. The number of benzene rings is 2. The van der Waals surface area contributed by atoms with E-state index < -0.39 is 5.60 Å². The molecule has 1 aliphatic heterocycles. The Labute approximate surface area is 180 Å². The molecule has 2 heteroatoms.